The average Bonchev–Trinajstić information content (AvgIpc) is 3.65. The van der Waals surface area contributed by atoms with E-state index in [4.69, 9.17) is 5.11 Å². The first kappa shape index (κ1) is 52.4. The molecule has 1 N–H and O–H groups in total. The first-order chi connectivity index (χ1) is 26.3. The molecule has 0 amide bonds. The Bertz CT molecular complexity index is 1360. The molecule has 0 saturated heterocycles. The van der Waals surface area contributed by atoms with E-state index in [1.54, 1.807) is 6.08 Å². The molecule has 0 aromatic rings. The van der Waals surface area contributed by atoms with E-state index >= 15 is 0 Å². The number of carbonyl (C=O) groups is 1. The predicted octanol–water partition coefficient (Wildman–Crippen LogP) is 9.85. The molecule has 5 atom stereocenters. The maximum atomic E-state index is 14.1. The molecule has 0 heterocycles. The van der Waals surface area contributed by atoms with Crippen molar-refractivity contribution in [2.24, 2.45) is 29.6 Å². The van der Waals surface area contributed by atoms with Gasteiger partial charge in [0.1, 0.15) is 25.3 Å². The Morgan fingerprint density at radius 2 is 0.983 bits per heavy atom. The third-order valence-electron chi connectivity index (χ3n) is 10.1. The quantitative estimate of drug-likeness (QED) is 0.0687. The summed E-state index contributed by atoms with van der Waals surface area (Å²) in [5.41, 5.74) is -18.1. The molecule has 346 valence electrons. The zero-order valence-electron chi connectivity index (χ0n) is 29.8. The summed E-state index contributed by atoms with van der Waals surface area (Å²) >= 11 is 0. The van der Waals surface area contributed by atoms with E-state index in [2.05, 4.69) is 30.3 Å². The largest absolute Gasteiger partial charge is 0.459 e. The number of allylic oxidation sites excluding steroid dienone is 2. The summed E-state index contributed by atoms with van der Waals surface area (Å²) in [4.78, 5) is 11.9. The minimum Gasteiger partial charge on any atom is -0.459 e. The van der Waals surface area contributed by atoms with Crippen LogP contribution in [0.3, 0.4) is 0 Å². The topological polar surface area (TPSA) is 83.5 Å². The summed E-state index contributed by atoms with van der Waals surface area (Å²) in [5.74, 6) is -10.5. The number of methoxy groups -OCH3 is 2. The molecule has 3 aliphatic carbocycles. The van der Waals surface area contributed by atoms with Crippen LogP contribution < -0.4 is 0 Å². The molecule has 0 radical (unpaired) electrons. The first-order valence-corrected chi connectivity index (χ1v) is 16.3. The van der Waals surface area contributed by atoms with Crippen LogP contribution in [0.4, 0.5) is 92.2 Å². The van der Waals surface area contributed by atoms with Crippen molar-refractivity contribution in [3.8, 4) is 0 Å². The van der Waals surface area contributed by atoms with Crippen molar-refractivity contribution < 1.29 is 126 Å². The summed E-state index contributed by atoms with van der Waals surface area (Å²) in [7, 11) is 1.07. The van der Waals surface area contributed by atoms with Crippen LogP contribution in [0.25, 0.3) is 0 Å². The van der Waals surface area contributed by atoms with Gasteiger partial charge in [-0.2, -0.15) is 92.2 Å². The molecule has 3 aliphatic rings. The van der Waals surface area contributed by atoms with Crippen molar-refractivity contribution in [3.05, 3.63) is 24.3 Å². The Morgan fingerprint density at radius 3 is 1.25 bits per heavy atom. The zero-order valence-corrected chi connectivity index (χ0v) is 29.8. The molecule has 0 aromatic carbocycles. The van der Waals surface area contributed by atoms with Crippen LogP contribution in [0.2, 0.25) is 0 Å². The third kappa shape index (κ3) is 10.7. The number of esters is 1. The summed E-state index contributed by atoms with van der Waals surface area (Å²) in [6.45, 7) is -1.43. The fourth-order valence-corrected chi connectivity index (χ4v) is 7.38. The smallest absolute Gasteiger partial charge is 0.426 e. The lowest BCUT2D eigenvalue weighted by molar-refractivity contribution is -0.427. The molecule has 5 unspecified atom stereocenters. The molecule has 59 heavy (non-hydrogen) atoms. The number of halogens is 21. The van der Waals surface area contributed by atoms with Crippen LogP contribution in [-0.4, -0.2) is 105 Å². The predicted molar refractivity (Wildman–Crippen MR) is 152 cm³/mol. The Hall–Kier alpha value is -2.72. The van der Waals surface area contributed by atoms with E-state index in [9.17, 15) is 97.0 Å². The minimum atomic E-state index is -6.62. The molecular weight excluding hydrogens is 883 g/mol. The van der Waals surface area contributed by atoms with Gasteiger partial charge < -0.3 is 28.8 Å². The molecule has 7 nitrogen and oxygen atoms in total. The van der Waals surface area contributed by atoms with Crippen LogP contribution in [0.1, 0.15) is 38.5 Å². The fraction of sp³-hybridized carbons (Fsp3) is 0.839. The number of hydrogen-bond acceptors (Lipinski definition) is 7. The second kappa shape index (κ2) is 17.6. The standard InChI is InChI=1S/C20H21F15O6.C11H12F6O/c1-9(16(21,22)23)13(36)41-12-5-10(14(17(24,25)26,18(27,28)29)39-7-37-2)4-11(6-12)15(19(30,31)32,20(33,34)35)40-8-38-3;12-10(13,14)9(18,11(15,16)17)5-8-4-6-1-2-7(8)3-6/h10-12H,1,4-8H2,2-3H3;1-2,6-8,18H,3-5H2. The van der Waals surface area contributed by atoms with E-state index in [0.29, 0.717) is 20.6 Å². The number of rotatable bonds is 12. The van der Waals surface area contributed by atoms with Gasteiger partial charge in [-0.1, -0.05) is 18.7 Å². The maximum absolute atomic E-state index is 14.1. The number of carbonyl (C=O) groups excluding carboxylic acids is 1. The molecule has 3 rings (SSSR count). The Labute approximate surface area is 318 Å². The van der Waals surface area contributed by atoms with Crippen LogP contribution in [0.15, 0.2) is 24.3 Å². The van der Waals surface area contributed by atoms with Gasteiger partial charge in [-0.05, 0) is 56.3 Å². The Morgan fingerprint density at radius 1 is 0.593 bits per heavy atom. The second-order valence-corrected chi connectivity index (χ2v) is 13.8. The Balaban J connectivity index is 0.000000548. The van der Waals surface area contributed by atoms with Crippen LogP contribution in [0.5, 0.6) is 0 Å². The molecule has 28 heteroatoms. The van der Waals surface area contributed by atoms with Crippen molar-refractivity contribution in [1.82, 2.24) is 0 Å². The molecule has 2 saturated carbocycles. The van der Waals surface area contributed by atoms with Gasteiger partial charge in [0.15, 0.2) is 0 Å². The number of ether oxygens (including phenoxy) is 5. The van der Waals surface area contributed by atoms with Gasteiger partial charge in [-0.15, -0.1) is 0 Å². The highest BCUT2D eigenvalue weighted by atomic mass is 19.4. The summed E-state index contributed by atoms with van der Waals surface area (Å²) in [5, 5.41) is 9.10. The maximum Gasteiger partial charge on any atom is 0.426 e. The van der Waals surface area contributed by atoms with Gasteiger partial charge in [-0.3, -0.25) is 0 Å². The molecule has 2 fully saturated rings. The normalized spacial score (nSPS) is 25.2. The number of alkyl halides is 21. The number of fused-ring (bicyclic) bond motifs is 2. The summed E-state index contributed by atoms with van der Waals surface area (Å²) in [6, 6.07) is 0. The van der Waals surface area contributed by atoms with E-state index in [1.165, 1.54) is 0 Å². The van der Waals surface area contributed by atoms with Crippen molar-refractivity contribution in [3.63, 3.8) is 0 Å². The average molecular weight is 917 g/mol. The van der Waals surface area contributed by atoms with E-state index < -0.39 is 135 Å². The lowest BCUT2D eigenvalue weighted by Gasteiger charge is -2.50. The van der Waals surface area contributed by atoms with Gasteiger partial charge >= 0.3 is 49.2 Å². The van der Waals surface area contributed by atoms with Gasteiger partial charge in [0.25, 0.3) is 16.8 Å². The third-order valence-corrected chi connectivity index (χ3v) is 10.1. The highest BCUT2D eigenvalue weighted by Crippen LogP contribution is 2.61. The Kier molecular flexibility index (Phi) is 15.6. The highest BCUT2D eigenvalue weighted by Gasteiger charge is 2.80. The van der Waals surface area contributed by atoms with Crippen molar-refractivity contribution >= 4 is 5.97 Å². The van der Waals surface area contributed by atoms with E-state index in [1.807, 2.05) is 6.08 Å². The minimum absolute atomic E-state index is 0.0608. The van der Waals surface area contributed by atoms with Crippen LogP contribution >= 0.6 is 0 Å². The van der Waals surface area contributed by atoms with Gasteiger partial charge in [0.2, 0.25) is 0 Å². The van der Waals surface area contributed by atoms with Crippen molar-refractivity contribution in [2.75, 3.05) is 27.8 Å². The zero-order chi connectivity index (χ0) is 46.2. The van der Waals surface area contributed by atoms with Gasteiger partial charge in [0, 0.05) is 26.1 Å². The SMILES string of the molecule is C=C(C(=O)OC1CC(C(OCOC)(C(F)(F)F)C(F)(F)F)CC(C(OCOC)(C(F)(F)F)C(F)(F)F)C1)C(F)(F)F.OC(CC1CC2C=CC1C2)(C(F)(F)F)C(F)(F)F. The molecule has 0 spiro atoms. The monoisotopic (exact) mass is 916 g/mol. The van der Waals surface area contributed by atoms with E-state index in [0.717, 1.165) is 0 Å². The van der Waals surface area contributed by atoms with Gasteiger partial charge in [0.05, 0.1) is 0 Å². The molecule has 2 bridgehead atoms. The van der Waals surface area contributed by atoms with Crippen molar-refractivity contribution in [1.29, 1.82) is 0 Å². The van der Waals surface area contributed by atoms with E-state index in [-0.39, 0.29) is 18.3 Å². The first-order valence-electron chi connectivity index (χ1n) is 16.3. The highest BCUT2D eigenvalue weighted by molar-refractivity contribution is 5.89. The summed E-state index contributed by atoms with van der Waals surface area (Å²) in [6.07, 6.45) is -49.2. The lowest BCUT2D eigenvalue weighted by Crippen LogP contribution is -2.69. The fourth-order valence-electron chi connectivity index (χ4n) is 7.38. The number of hydrogen-bond donors (Lipinski definition) is 1. The van der Waals surface area contributed by atoms with Crippen LogP contribution in [0, 0.1) is 29.6 Å². The molecule has 0 aromatic heterocycles. The summed E-state index contributed by atoms with van der Waals surface area (Å²) < 4.78 is 303. The molecule has 0 aliphatic heterocycles. The van der Waals surface area contributed by atoms with Crippen molar-refractivity contribution in [2.45, 2.75) is 105 Å². The van der Waals surface area contributed by atoms with Crippen LogP contribution in [-0.2, 0) is 28.5 Å². The molecular formula is C31H33F21O7. The number of aliphatic hydroxyl groups is 1. The van der Waals surface area contributed by atoms with Gasteiger partial charge in [-0.25, -0.2) is 4.79 Å². The second-order valence-electron chi connectivity index (χ2n) is 13.8. The lowest BCUT2D eigenvalue weighted by atomic mass is 9.65.